The number of nitrogen functional groups attached to an aromatic ring is 1. The Morgan fingerprint density at radius 1 is 0.931 bits per heavy atom. The van der Waals surface area contributed by atoms with Crippen LogP contribution in [0.15, 0.2) is 48.8 Å². The molecule has 3 aromatic rings. The summed E-state index contributed by atoms with van der Waals surface area (Å²) in [6.07, 6.45) is 1.44. The lowest BCUT2D eigenvalue weighted by Gasteiger charge is -2.37. The van der Waals surface area contributed by atoms with Crippen molar-refractivity contribution in [1.82, 2.24) is 9.97 Å². The SMILES string of the molecule is Nc1c(Nc2ccc(F)c(Cl)c2)ncnc1N1CCN(c2ccc(F)cc2)CC1. The maximum Gasteiger partial charge on any atom is 0.159 e. The number of rotatable bonds is 4. The summed E-state index contributed by atoms with van der Waals surface area (Å²) in [5, 5.41) is 3.07. The van der Waals surface area contributed by atoms with E-state index in [2.05, 4.69) is 25.1 Å². The molecular formula is C20H19ClF2N6. The Morgan fingerprint density at radius 2 is 1.62 bits per heavy atom. The molecule has 4 rings (SSSR count). The highest BCUT2D eigenvalue weighted by molar-refractivity contribution is 6.31. The summed E-state index contributed by atoms with van der Waals surface area (Å²) in [6, 6.07) is 10.8. The zero-order valence-electron chi connectivity index (χ0n) is 15.4. The van der Waals surface area contributed by atoms with Gasteiger partial charge in [-0.2, -0.15) is 0 Å². The molecule has 2 heterocycles. The molecule has 1 fully saturated rings. The summed E-state index contributed by atoms with van der Waals surface area (Å²) in [7, 11) is 0. The van der Waals surface area contributed by atoms with Crippen LogP contribution in [0, 0.1) is 11.6 Å². The quantitative estimate of drug-likeness (QED) is 0.668. The van der Waals surface area contributed by atoms with E-state index in [9.17, 15) is 8.78 Å². The fourth-order valence-electron chi connectivity index (χ4n) is 3.28. The third-order valence-corrected chi connectivity index (χ3v) is 5.11. The van der Waals surface area contributed by atoms with Crippen LogP contribution in [0.4, 0.5) is 37.5 Å². The molecule has 0 spiro atoms. The lowest BCUT2D eigenvalue weighted by Crippen LogP contribution is -2.47. The third kappa shape index (κ3) is 4.17. The van der Waals surface area contributed by atoms with Gasteiger partial charge in [-0.1, -0.05) is 11.6 Å². The molecule has 1 aliphatic rings. The minimum atomic E-state index is -0.493. The van der Waals surface area contributed by atoms with Crippen molar-refractivity contribution in [3.05, 3.63) is 65.4 Å². The van der Waals surface area contributed by atoms with E-state index in [1.165, 1.54) is 30.6 Å². The molecule has 0 atom stereocenters. The highest BCUT2D eigenvalue weighted by Gasteiger charge is 2.21. The third-order valence-electron chi connectivity index (χ3n) is 4.82. The van der Waals surface area contributed by atoms with Gasteiger partial charge >= 0.3 is 0 Å². The minimum absolute atomic E-state index is 0.0137. The van der Waals surface area contributed by atoms with Crippen LogP contribution in [-0.2, 0) is 0 Å². The molecule has 6 nitrogen and oxygen atoms in total. The van der Waals surface area contributed by atoms with Gasteiger partial charge in [-0.05, 0) is 42.5 Å². The minimum Gasteiger partial charge on any atom is -0.393 e. The molecule has 0 radical (unpaired) electrons. The number of aromatic nitrogens is 2. The zero-order chi connectivity index (χ0) is 20.4. The van der Waals surface area contributed by atoms with Gasteiger partial charge in [0.2, 0.25) is 0 Å². The molecule has 0 saturated carbocycles. The second-order valence-corrected chi connectivity index (χ2v) is 7.07. The lowest BCUT2D eigenvalue weighted by molar-refractivity contribution is 0.624. The largest absolute Gasteiger partial charge is 0.393 e. The van der Waals surface area contributed by atoms with E-state index >= 15 is 0 Å². The Balaban J connectivity index is 1.47. The van der Waals surface area contributed by atoms with E-state index in [4.69, 9.17) is 17.3 Å². The summed E-state index contributed by atoms with van der Waals surface area (Å²) in [5.41, 5.74) is 8.27. The Morgan fingerprint density at radius 3 is 2.31 bits per heavy atom. The van der Waals surface area contributed by atoms with E-state index in [0.717, 1.165) is 18.8 Å². The summed E-state index contributed by atoms with van der Waals surface area (Å²) >= 11 is 5.83. The number of hydrogen-bond donors (Lipinski definition) is 2. The molecule has 29 heavy (non-hydrogen) atoms. The van der Waals surface area contributed by atoms with Crippen LogP contribution in [0.2, 0.25) is 5.02 Å². The van der Waals surface area contributed by atoms with Gasteiger partial charge in [0.15, 0.2) is 11.6 Å². The Kier molecular flexibility index (Phi) is 5.35. The lowest BCUT2D eigenvalue weighted by atomic mass is 10.2. The molecule has 0 aliphatic carbocycles. The maximum absolute atomic E-state index is 13.4. The molecule has 0 unspecified atom stereocenters. The first-order valence-corrected chi connectivity index (χ1v) is 9.47. The number of anilines is 5. The predicted molar refractivity (Wildman–Crippen MR) is 112 cm³/mol. The van der Waals surface area contributed by atoms with Gasteiger partial charge in [-0.3, -0.25) is 0 Å². The van der Waals surface area contributed by atoms with Gasteiger partial charge in [0.1, 0.15) is 23.6 Å². The average Bonchev–Trinajstić information content (AvgIpc) is 2.73. The van der Waals surface area contributed by atoms with Gasteiger partial charge in [-0.25, -0.2) is 18.7 Å². The number of nitrogens with zero attached hydrogens (tertiary/aromatic N) is 4. The summed E-state index contributed by atoms with van der Waals surface area (Å²) in [4.78, 5) is 12.8. The first kappa shape index (κ1) is 19.2. The molecule has 0 bridgehead atoms. The smallest absolute Gasteiger partial charge is 0.159 e. The molecule has 2 aromatic carbocycles. The van der Waals surface area contributed by atoms with E-state index < -0.39 is 5.82 Å². The molecule has 150 valence electrons. The van der Waals surface area contributed by atoms with Crippen molar-refractivity contribution in [2.45, 2.75) is 0 Å². The van der Waals surface area contributed by atoms with Crippen LogP contribution < -0.4 is 20.9 Å². The highest BCUT2D eigenvalue weighted by Crippen LogP contribution is 2.30. The number of nitrogens with one attached hydrogen (secondary N) is 1. The Hall–Kier alpha value is -3.13. The molecule has 9 heteroatoms. The summed E-state index contributed by atoms with van der Waals surface area (Å²) < 4.78 is 26.5. The van der Waals surface area contributed by atoms with Gasteiger partial charge in [0, 0.05) is 37.6 Å². The van der Waals surface area contributed by atoms with Crippen LogP contribution in [-0.4, -0.2) is 36.1 Å². The maximum atomic E-state index is 13.4. The fourth-order valence-corrected chi connectivity index (χ4v) is 3.46. The second kappa shape index (κ2) is 8.08. The summed E-state index contributed by atoms with van der Waals surface area (Å²) in [5.74, 6) is 0.323. The highest BCUT2D eigenvalue weighted by atomic mass is 35.5. The predicted octanol–water partition coefficient (Wildman–Crippen LogP) is 4.06. The molecule has 1 aromatic heterocycles. The van der Waals surface area contributed by atoms with Crippen molar-refractivity contribution in [3.63, 3.8) is 0 Å². The zero-order valence-corrected chi connectivity index (χ0v) is 16.2. The van der Waals surface area contributed by atoms with Crippen molar-refractivity contribution in [3.8, 4) is 0 Å². The first-order valence-electron chi connectivity index (χ1n) is 9.09. The van der Waals surface area contributed by atoms with Crippen LogP contribution in [0.5, 0.6) is 0 Å². The number of benzene rings is 2. The average molecular weight is 417 g/mol. The molecule has 1 saturated heterocycles. The van der Waals surface area contributed by atoms with Crippen LogP contribution in [0.3, 0.4) is 0 Å². The second-order valence-electron chi connectivity index (χ2n) is 6.66. The number of hydrogen-bond acceptors (Lipinski definition) is 6. The number of halogens is 3. The Labute approximate surface area is 171 Å². The van der Waals surface area contributed by atoms with E-state index in [1.54, 1.807) is 18.2 Å². The van der Waals surface area contributed by atoms with Gasteiger partial charge in [-0.15, -0.1) is 0 Å². The fraction of sp³-hybridized carbons (Fsp3) is 0.200. The van der Waals surface area contributed by atoms with E-state index in [-0.39, 0.29) is 10.8 Å². The first-order chi connectivity index (χ1) is 14.0. The van der Waals surface area contributed by atoms with Crippen LogP contribution in [0.1, 0.15) is 0 Å². The number of piperazine rings is 1. The topological polar surface area (TPSA) is 70.3 Å². The van der Waals surface area contributed by atoms with Crippen molar-refractivity contribution < 1.29 is 8.78 Å². The number of nitrogens with two attached hydrogens (primary N) is 1. The van der Waals surface area contributed by atoms with E-state index in [1.807, 2.05) is 0 Å². The molecular weight excluding hydrogens is 398 g/mol. The normalized spacial score (nSPS) is 14.2. The molecule has 1 aliphatic heterocycles. The van der Waals surface area contributed by atoms with Gasteiger partial charge < -0.3 is 20.9 Å². The van der Waals surface area contributed by atoms with Crippen molar-refractivity contribution >= 4 is 40.3 Å². The van der Waals surface area contributed by atoms with Crippen molar-refractivity contribution in [2.24, 2.45) is 0 Å². The van der Waals surface area contributed by atoms with Crippen molar-refractivity contribution in [1.29, 1.82) is 0 Å². The van der Waals surface area contributed by atoms with Crippen LogP contribution >= 0.6 is 11.6 Å². The monoisotopic (exact) mass is 416 g/mol. The summed E-state index contributed by atoms with van der Waals surface area (Å²) in [6.45, 7) is 2.93. The Bertz CT molecular complexity index is 1010. The molecule has 0 amide bonds. The van der Waals surface area contributed by atoms with Gasteiger partial charge in [0.25, 0.3) is 0 Å². The molecule has 3 N–H and O–H groups in total. The van der Waals surface area contributed by atoms with Gasteiger partial charge in [0.05, 0.1) is 5.02 Å². The van der Waals surface area contributed by atoms with Crippen molar-refractivity contribution in [2.75, 3.05) is 47.0 Å². The van der Waals surface area contributed by atoms with Crippen LogP contribution in [0.25, 0.3) is 0 Å². The standard InChI is InChI=1S/C20H19ClF2N6/c21-16-11-14(3-6-17(16)23)27-19-18(24)20(26-12-25-19)29-9-7-28(8-10-29)15-4-1-13(22)2-5-15/h1-6,11-12H,7-10,24H2,(H,25,26,27). The van der Waals surface area contributed by atoms with E-state index in [0.29, 0.717) is 36.1 Å².